The van der Waals surface area contributed by atoms with Gasteiger partial charge in [0.2, 0.25) is 0 Å². The van der Waals surface area contributed by atoms with Crippen LogP contribution in [0.3, 0.4) is 0 Å². The van der Waals surface area contributed by atoms with Gasteiger partial charge in [-0.2, -0.15) is 5.10 Å². The molecular weight excluding hydrogens is 599 g/mol. The van der Waals surface area contributed by atoms with E-state index in [1.54, 1.807) is 37.6 Å². The Morgan fingerprint density at radius 2 is 1.62 bits per heavy atom. The molecule has 0 saturated carbocycles. The Kier molecular flexibility index (Phi) is 11.4. The van der Waals surface area contributed by atoms with Crippen LogP contribution in [-0.4, -0.2) is 54.2 Å². The fourth-order valence-electron chi connectivity index (χ4n) is 5.86. The molecule has 0 bridgehead atoms. The second kappa shape index (κ2) is 15.1. The van der Waals surface area contributed by atoms with E-state index in [4.69, 9.17) is 4.74 Å². The van der Waals surface area contributed by atoms with E-state index in [0.29, 0.717) is 17.7 Å². The van der Waals surface area contributed by atoms with Gasteiger partial charge in [0, 0.05) is 35.6 Å². The molecule has 0 fully saturated rings. The maximum atomic E-state index is 14.2. The van der Waals surface area contributed by atoms with E-state index >= 15 is 0 Å². The number of amides is 1. The van der Waals surface area contributed by atoms with Gasteiger partial charge < -0.3 is 24.8 Å². The molecule has 10 heteroatoms. The zero-order valence-electron chi connectivity index (χ0n) is 28.4. The van der Waals surface area contributed by atoms with Crippen LogP contribution in [0.15, 0.2) is 60.7 Å². The number of aliphatic hydroxyl groups is 2. The maximum absolute atomic E-state index is 14.2. The van der Waals surface area contributed by atoms with E-state index in [1.165, 1.54) is 12.1 Å². The number of rotatable bonds is 13. The molecule has 2 aromatic heterocycles. The summed E-state index contributed by atoms with van der Waals surface area (Å²) in [7, 11) is 1.85. The minimum absolute atomic E-state index is 0.0180. The second-order valence-corrected chi connectivity index (χ2v) is 13.3. The molecule has 9 nitrogen and oxygen atoms in total. The Bertz CT molecular complexity index is 1650. The molecule has 47 heavy (non-hydrogen) atoms. The summed E-state index contributed by atoms with van der Waals surface area (Å²) in [6, 6.07) is 17.6. The lowest BCUT2D eigenvalue weighted by Gasteiger charge is -2.22. The van der Waals surface area contributed by atoms with Crippen molar-refractivity contribution in [3.05, 3.63) is 89.3 Å². The van der Waals surface area contributed by atoms with E-state index in [9.17, 15) is 24.2 Å². The van der Waals surface area contributed by atoms with E-state index in [1.807, 2.05) is 68.8 Å². The molecule has 0 aliphatic rings. The van der Waals surface area contributed by atoms with Crippen LogP contribution in [0.25, 0.3) is 22.3 Å². The van der Waals surface area contributed by atoms with Crippen LogP contribution < -0.4 is 5.32 Å². The zero-order valence-corrected chi connectivity index (χ0v) is 28.4. The summed E-state index contributed by atoms with van der Waals surface area (Å²) < 4.78 is 23.2. The predicted molar refractivity (Wildman–Crippen MR) is 180 cm³/mol. The maximum Gasteiger partial charge on any atom is 0.308 e. The number of carbonyl (C=O) groups excluding carboxylic acids is 2. The highest BCUT2D eigenvalue weighted by atomic mass is 19.1. The summed E-state index contributed by atoms with van der Waals surface area (Å²) in [5, 5.41) is 29.1. The van der Waals surface area contributed by atoms with Gasteiger partial charge in [-0.25, -0.2) is 4.39 Å². The van der Waals surface area contributed by atoms with Crippen LogP contribution in [0.4, 0.5) is 4.39 Å². The minimum atomic E-state index is -1.08. The normalized spacial score (nSPS) is 13.1. The monoisotopic (exact) mass is 646 g/mol. The first-order chi connectivity index (χ1) is 22.1. The van der Waals surface area contributed by atoms with Crippen molar-refractivity contribution in [3.63, 3.8) is 0 Å². The van der Waals surface area contributed by atoms with Gasteiger partial charge in [0.05, 0.1) is 30.9 Å². The van der Waals surface area contributed by atoms with Gasteiger partial charge >= 0.3 is 5.97 Å². The molecule has 4 aromatic rings. The number of aromatic nitrogens is 3. The van der Waals surface area contributed by atoms with Crippen LogP contribution in [0.5, 0.6) is 0 Å². The van der Waals surface area contributed by atoms with Crippen molar-refractivity contribution < 1.29 is 28.9 Å². The van der Waals surface area contributed by atoms with Crippen molar-refractivity contribution >= 4 is 11.9 Å². The molecule has 0 aliphatic heterocycles. The number of halogens is 1. The summed E-state index contributed by atoms with van der Waals surface area (Å²) in [6.07, 6.45) is -1.67. The van der Waals surface area contributed by atoms with Gasteiger partial charge in [0.25, 0.3) is 5.91 Å². The fraction of sp³-hybridized carbons (Fsp3) is 0.432. The average molecular weight is 647 g/mol. The highest BCUT2D eigenvalue weighted by molar-refractivity contribution is 6.05. The Morgan fingerprint density at radius 3 is 2.19 bits per heavy atom. The standard InChI is InChI=1S/C37H47FN4O5/c1-23(2)42-31(18-17-29(43)20-30(44)21-32(45)47-37(4,5)6)33(26-13-15-27(38)16-14-26)34(25-11-9-8-10-12-25)35(42)36(46)39-22-28-19-24(3)41(7)40-28/h8-16,19,23,29-30,43-44H,17-18,20-22H2,1-7H3,(H,39,46)/t29-,30-/m1/s1. The molecule has 4 rings (SSSR count). The largest absolute Gasteiger partial charge is 0.460 e. The molecule has 0 radical (unpaired) electrons. The summed E-state index contributed by atoms with van der Waals surface area (Å²) in [6.45, 7) is 11.4. The molecule has 2 atom stereocenters. The van der Waals surface area contributed by atoms with Gasteiger partial charge in [-0.1, -0.05) is 42.5 Å². The van der Waals surface area contributed by atoms with Gasteiger partial charge in [-0.3, -0.25) is 14.3 Å². The quantitative estimate of drug-likeness (QED) is 0.147. The highest BCUT2D eigenvalue weighted by Gasteiger charge is 2.31. The third-order valence-electron chi connectivity index (χ3n) is 7.91. The van der Waals surface area contributed by atoms with Crippen molar-refractivity contribution in [1.29, 1.82) is 0 Å². The third-order valence-corrected chi connectivity index (χ3v) is 7.91. The van der Waals surface area contributed by atoms with E-state index in [0.717, 1.165) is 33.8 Å². The number of aliphatic hydroxyl groups excluding tert-OH is 2. The first kappa shape index (κ1) is 35.6. The number of aryl methyl sites for hydroxylation is 2. The van der Waals surface area contributed by atoms with Gasteiger partial charge in [-0.15, -0.1) is 0 Å². The van der Waals surface area contributed by atoms with Crippen LogP contribution in [-0.2, 0) is 29.5 Å². The number of hydrogen-bond donors (Lipinski definition) is 3. The topological polar surface area (TPSA) is 119 Å². The molecule has 2 aromatic carbocycles. The summed E-state index contributed by atoms with van der Waals surface area (Å²) >= 11 is 0. The molecule has 0 spiro atoms. The molecule has 0 unspecified atom stereocenters. The lowest BCUT2D eigenvalue weighted by atomic mass is 9.92. The lowest BCUT2D eigenvalue weighted by Crippen LogP contribution is -2.28. The van der Waals surface area contributed by atoms with E-state index in [-0.39, 0.29) is 43.6 Å². The van der Waals surface area contributed by atoms with Gasteiger partial charge in [0.15, 0.2) is 0 Å². The van der Waals surface area contributed by atoms with Crippen LogP contribution in [0.1, 0.15) is 87.5 Å². The fourth-order valence-corrected chi connectivity index (χ4v) is 5.86. The molecule has 2 heterocycles. The smallest absolute Gasteiger partial charge is 0.308 e. The van der Waals surface area contributed by atoms with Crippen LogP contribution in [0.2, 0.25) is 0 Å². The zero-order chi connectivity index (χ0) is 34.5. The summed E-state index contributed by atoms with van der Waals surface area (Å²) in [5.74, 6) is -1.20. The highest BCUT2D eigenvalue weighted by Crippen LogP contribution is 2.42. The minimum Gasteiger partial charge on any atom is -0.460 e. The first-order valence-electron chi connectivity index (χ1n) is 16.1. The Morgan fingerprint density at radius 1 is 0.979 bits per heavy atom. The summed E-state index contributed by atoms with van der Waals surface area (Å²) in [4.78, 5) is 26.5. The number of carbonyl (C=O) groups is 2. The number of esters is 1. The van der Waals surface area contributed by atoms with E-state index < -0.39 is 23.8 Å². The molecule has 3 N–H and O–H groups in total. The molecule has 1 amide bonds. The van der Waals surface area contributed by atoms with Crippen molar-refractivity contribution in [2.24, 2.45) is 7.05 Å². The summed E-state index contributed by atoms with van der Waals surface area (Å²) in [5.41, 5.74) is 5.30. The van der Waals surface area contributed by atoms with Gasteiger partial charge in [-0.05, 0) is 90.1 Å². The Balaban J connectivity index is 1.75. The average Bonchev–Trinajstić information content (AvgIpc) is 3.50. The van der Waals surface area contributed by atoms with Gasteiger partial charge in [0.1, 0.15) is 17.1 Å². The molecule has 0 saturated heterocycles. The van der Waals surface area contributed by atoms with Crippen LogP contribution >= 0.6 is 0 Å². The Hall–Kier alpha value is -4.28. The third kappa shape index (κ3) is 9.17. The SMILES string of the molecule is Cc1cc(CNC(=O)c2c(-c3ccccc3)c(-c3ccc(F)cc3)c(CC[C@@H](O)C[C@@H](O)CC(=O)OC(C)(C)C)n2C(C)C)nn1C. The molecule has 0 aliphatic carbocycles. The number of hydrogen-bond acceptors (Lipinski definition) is 6. The number of ether oxygens (including phenoxy) is 1. The Labute approximate surface area is 276 Å². The van der Waals surface area contributed by atoms with Crippen molar-refractivity contribution in [3.8, 4) is 22.3 Å². The van der Waals surface area contributed by atoms with Crippen LogP contribution in [0, 0.1) is 12.7 Å². The molecule has 252 valence electrons. The van der Waals surface area contributed by atoms with Crippen molar-refractivity contribution in [2.75, 3.05) is 0 Å². The van der Waals surface area contributed by atoms with Crippen molar-refractivity contribution in [1.82, 2.24) is 19.7 Å². The number of nitrogens with zero attached hydrogens (tertiary/aromatic N) is 3. The predicted octanol–water partition coefficient (Wildman–Crippen LogP) is 6.29. The molecular formula is C37H47FN4O5. The van der Waals surface area contributed by atoms with E-state index in [2.05, 4.69) is 10.4 Å². The second-order valence-electron chi connectivity index (χ2n) is 13.3. The number of nitrogens with one attached hydrogen (secondary N) is 1. The first-order valence-corrected chi connectivity index (χ1v) is 16.1. The lowest BCUT2D eigenvalue weighted by molar-refractivity contribution is -0.157. The number of benzene rings is 2. The van der Waals surface area contributed by atoms with Crippen molar-refractivity contribution in [2.45, 2.75) is 97.6 Å².